The van der Waals surface area contributed by atoms with Crippen molar-refractivity contribution in [2.24, 2.45) is 0 Å². The molecule has 1 aromatic heterocycles. The first-order valence-corrected chi connectivity index (χ1v) is 12.0. The molecule has 0 unspecified atom stereocenters. The highest BCUT2D eigenvalue weighted by molar-refractivity contribution is 6.11. The number of nitrogens with one attached hydrogen (secondary N) is 1. The zero-order valence-corrected chi connectivity index (χ0v) is 20.7. The topological polar surface area (TPSA) is 94.9 Å². The molecule has 186 valence electrons. The van der Waals surface area contributed by atoms with E-state index in [-0.39, 0.29) is 17.3 Å². The molecule has 2 heterocycles. The summed E-state index contributed by atoms with van der Waals surface area (Å²) in [7, 11) is 0. The van der Waals surface area contributed by atoms with E-state index in [4.69, 9.17) is 14.2 Å². The van der Waals surface area contributed by atoms with Gasteiger partial charge in [-0.25, -0.2) is 4.68 Å². The summed E-state index contributed by atoms with van der Waals surface area (Å²) in [5, 5.41) is 8.32. The average Bonchev–Trinajstić information content (AvgIpc) is 2.86. The van der Waals surface area contributed by atoms with Gasteiger partial charge < -0.3 is 24.4 Å². The van der Waals surface area contributed by atoms with E-state index < -0.39 is 5.91 Å². The Bertz CT molecular complexity index is 1260. The van der Waals surface area contributed by atoms with Gasteiger partial charge in [-0.1, -0.05) is 18.2 Å². The van der Waals surface area contributed by atoms with Crippen molar-refractivity contribution in [1.29, 1.82) is 0 Å². The van der Waals surface area contributed by atoms with Gasteiger partial charge in [0.05, 0.1) is 49.2 Å². The first-order valence-electron chi connectivity index (χ1n) is 12.0. The number of hydrogen-bond acceptors (Lipinski definition) is 7. The van der Waals surface area contributed by atoms with Gasteiger partial charge in [0.1, 0.15) is 11.5 Å². The second-order valence-corrected chi connectivity index (χ2v) is 8.47. The molecule has 2 aromatic carbocycles. The molecule has 1 aliphatic heterocycles. The number of fused-ring (bicyclic) bond motifs is 1. The van der Waals surface area contributed by atoms with Crippen LogP contribution in [-0.2, 0) is 4.74 Å². The van der Waals surface area contributed by atoms with Gasteiger partial charge in [0.25, 0.3) is 11.5 Å². The first kappa shape index (κ1) is 24.5. The summed E-state index contributed by atoms with van der Waals surface area (Å²) in [6.07, 6.45) is 0. The Balaban J connectivity index is 1.77. The van der Waals surface area contributed by atoms with E-state index in [1.165, 1.54) is 4.68 Å². The number of rotatable bonds is 8. The Morgan fingerprint density at radius 2 is 1.71 bits per heavy atom. The number of hydrogen-bond donors (Lipinski definition) is 1. The Morgan fingerprint density at radius 3 is 2.37 bits per heavy atom. The SMILES string of the molecule is CCOc1cc(N2CCOCC2)c(OCC)cc1NC(=O)c1nn(C(C)C)c(=O)c2ccccc12. The number of nitrogens with zero attached hydrogens (tertiary/aromatic N) is 3. The van der Waals surface area contributed by atoms with Gasteiger partial charge in [0, 0.05) is 30.6 Å². The lowest BCUT2D eigenvalue weighted by molar-refractivity contribution is 0.102. The van der Waals surface area contributed by atoms with Crippen LogP contribution in [0.25, 0.3) is 10.8 Å². The third kappa shape index (κ3) is 5.09. The molecule has 1 N–H and O–H groups in total. The highest BCUT2D eigenvalue weighted by Gasteiger charge is 2.23. The Hall–Kier alpha value is -3.59. The van der Waals surface area contributed by atoms with Gasteiger partial charge >= 0.3 is 0 Å². The molecule has 0 bridgehead atoms. The maximum Gasteiger partial charge on any atom is 0.276 e. The van der Waals surface area contributed by atoms with Crippen molar-refractivity contribution in [1.82, 2.24) is 9.78 Å². The molecule has 4 rings (SSSR count). The van der Waals surface area contributed by atoms with Crippen LogP contribution in [-0.4, -0.2) is 55.2 Å². The number of carbonyl (C=O) groups is 1. The number of ether oxygens (including phenoxy) is 3. The normalized spacial score (nSPS) is 13.8. The van der Waals surface area contributed by atoms with Gasteiger partial charge in [-0.15, -0.1) is 0 Å². The lowest BCUT2D eigenvalue weighted by Crippen LogP contribution is -2.36. The van der Waals surface area contributed by atoms with Crippen molar-refractivity contribution in [3.8, 4) is 11.5 Å². The van der Waals surface area contributed by atoms with Crippen LogP contribution in [0.2, 0.25) is 0 Å². The quantitative estimate of drug-likeness (QED) is 0.523. The standard InChI is InChI=1S/C26H32N4O5/c1-5-34-22-16-21(29-11-13-33-14-12-29)23(35-6-2)15-20(22)27-25(31)24-18-9-7-8-10-19(18)26(32)30(28-24)17(3)4/h7-10,15-17H,5-6,11-14H2,1-4H3,(H,27,31). The summed E-state index contributed by atoms with van der Waals surface area (Å²) in [5.74, 6) is 0.753. The van der Waals surface area contributed by atoms with Crippen LogP contribution >= 0.6 is 0 Å². The van der Waals surface area contributed by atoms with Crippen LogP contribution in [0.1, 0.15) is 44.2 Å². The average molecular weight is 481 g/mol. The van der Waals surface area contributed by atoms with Gasteiger partial charge in [0.15, 0.2) is 5.69 Å². The minimum absolute atomic E-state index is 0.173. The molecule has 0 spiro atoms. The molecule has 1 fully saturated rings. The molecule has 0 atom stereocenters. The molecular weight excluding hydrogens is 448 g/mol. The predicted octanol–water partition coefficient (Wildman–Crippen LogP) is 3.86. The summed E-state index contributed by atoms with van der Waals surface area (Å²) < 4.78 is 18.7. The molecule has 1 aliphatic rings. The summed E-state index contributed by atoms with van der Waals surface area (Å²) in [4.78, 5) is 28.6. The predicted molar refractivity (Wildman–Crippen MR) is 136 cm³/mol. The number of benzene rings is 2. The fourth-order valence-corrected chi connectivity index (χ4v) is 4.15. The second-order valence-electron chi connectivity index (χ2n) is 8.47. The largest absolute Gasteiger partial charge is 0.492 e. The van der Waals surface area contributed by atoms with Crippen molar-refractivity contribution in [3.05, 3.63) is 52.4 Å². The molecule has 9 nitrogen and oxygen atoms in total. The van der Waals surface area contributed by atoms with Gasteiger partial charge in [-0.3, -0.25) is 9.59 Å². The summed E-state index contributed by atoms with van der Waals surface area (Å²) >= 11 is 0. The zero-order chi connectivity index (χ0) is 24.9. The maximum absolute atomic E-state index is 13.5. The summed E-state index contributed by atoms with van der Waals surface area (Å²) in [6.45, 7) is 11.2. The third-order valence-electron chi connectivity index (χ3n) is 5.79. The second kappa shape index (κ2) is 10.8. The Morgan fingerprint density at radius 1 is 1.06 bits per heavy atom. The van der Waals surface area contributed by atoms with Crippen molar-refractivity contribution in [2.45, 2.75) is 33.7 Å². The molecule has 0 radical (unpaired) electrons. The number of aromatic nitrogens is 2. The molecule has 9 heteroatoms. The highest BCUT2D eigenvalue weighted by Crippen LogP contribution is 2.39. The molecular formula is C26H32N4O5. The fourth-order valence-electron chi connectivity index (χ4n) is 4.15. The van der Waals surface area contributed by atoms with Gasteiger partial charge in [-0.2, -0.15) is 5.10 Å². The third-order valence-corrected chi connectivity index (χ3v) is 5.79. The van der Waals surface area contributed by atoms with Crippen molar-refractivity contribution in [3.63, 3.8) is 0 Å². The van der Waals surface area contributed by atoms with Crippen LogP contribution in [0.3, 0.4) is 0 Å². The van der Waals surface area contributed by atoms with E-state index in [1.54, 1.807) is 30.3 Å². The van der Waals surface area contributed by atoms with Crippen LogP contribution in [0.15, 0.2) is 41.2 Å². The molecule has 35 heavy (non-hydrogen) atoms. The molecule has 1 amide bonds. The van der Waals surface area contributed by atoms with E-state index >= 15 is 0 Å². The molecule has 3 aromatic rings. The summed E-state index contributed by atoms with van der Waals surface area (Å²) in [5.41, 5.74) is 1.32. The van der Waals surface area contributed by atoms with Crippen molar-refractivity contribution in [2.75, 3.05) is 49.7 Å². The molecule has 1 saturated heterocycles. The van der Waals surface area contributed by atoms with E-state index in [0.717, 1.165) is 18.8 Å². The lowest BCUT2D eigenvalue weighted by Gasteiger charge is -2.31. The Labute approximate surface area is 204 Å². The number of anilines is 2. The van der Waals surface area contributed by atoms with E-state index in [1.807, 2.05) is 33.8 Å². The fraction of sp³-hybridized carbons (Fsp3) is 0.423. The van der Waals surface area contributed by atoms with Crippen molar-refractivity contribution >= 4 is 28.1 Å². The van der Waals surface area contributed by atoms with E-state index in [0.29, 0.717) is 54.4 Å². The van der Waals surface area contributed by atoms with Crippen LogP contribution < -0.4 is 25.2 Å². The number of morpholine rings is 1. The van der Waals surface area contributed by atoms with Gasteiger partial charge in [-0.05, 0) is 33.8 Å². The number of carbonyl (C=O) groups excluding carboxylic acids is 1. The van der Waals surface area contributed by atoms with Crippen LogP contribution in [0, 0.1) is 0 Å². The minimum Gasteiger partial charge on any atom is -0.492 e. The first-order chi connectivity index (χ1) is 16.9. The lowest BCUT2D eigenvalue weighted by atomic mass is 10.1. The maximum atomic E-state index is 13.5. The molecule has 0 aliphatic carbocycles. The minimum atomic E-state index is -0.432. The monoisotopic (exact) mass is 480 g/mol. The Kier molecular flexibility index (Phi) is 7.55. The highest BCUT2D eigenvalue weighted by atomic mass is 16.5. The zero-order valence-electron chi connectivity index (χ0n) is 20.7. The van der Waals surface area contributed by atoms with E-state index in [9.17, 15) is 9.59 Å². The smallest absolute Gasteiger partial charge is 0.276 e. The number of amides is 1. The van der Waals surface area contributed by atoms with Gasteiger partial charge in [0.2, 0.25) is 0 Å². The van der Waals surface area contributed by atoms with Crippen molar-refractivity contribution < 1.29 is 19.0 Å². The van der Waals surface area contributed by atoms with Crippen LogP contribution in [0.4, 0.5) is 11.4 Å². The van der Waals surface area contributed by atoms with E-state index in [2.05, 4.69) is 15.3 Å². The van der Waals surface area contributed by atoms with Crippen LogP contribution in [0.5, 0.6) is 11.5 Å². The summed E-state index contributed by atoms with van der Waals surface area (Å²) in [6, 6.07) is 10.5. The molecule has 0 saturated carbocycles.